The highest BCUT2D eigenvalue weighted by atomic mass is 15.0. The molecule has 0 aromatic carbocycles. The van der Waals surface area contributed by atoms with Crippen molar-refractivity contribution in [3.63, 3.8) is 0 Å². The second kappa shape index (κ2) is 1.98. The predicted molar refractivity (Wildman–Crippen MR) is 42.8 cm³/mol. The Hall–Kier alpha value is -0.550. The Labute approximate surface area is 67.6 Å². The topological polar surface area (TPSA) is 35.8 Å². The fourth-order valence-corrected chi connectivity index (χ4v) is 2.87. The quantitative estimate of drug-likeness (QED) is 0.562. The lowest BCUT2D eigenvalue weighted by atomic mass is 9.55. The van der Waals surface area contributed by atoms with Crippen LogP contribution in [0.2, 0.25) is 0 Å². The van der Waals surface area contributed by atoms with Gasteiger partial charge in [0.2, 0.25) is 0 Å². The molecule has 2 nitrogen and oxygen atoms in total. The molecule has 0 aromatic heterocycles. The van der Waals surface area contributed by atoms with E-state index in [1.165, 1.54) is 6.42 Å². The van der Waals surface area contributed by atoms with Gasteiger partial charge >= 0.3 is 0 Å². The van der Waals surface area contributed by atoms with Gasteiger partial charge in [0.1, 0.15) is 0 Å². The van der Waals surface area contributed by atoms with Crippen molar-refractivity contribution >= 4 is 0 Å². The Morgan fingerprint density at radius 3 is 2.73 bits per heavy atom. The molecule has 1 saturated heterocycles. The smallest absolute Gasteiger partial charge is 0.0989 e. The number of hydrogen-bond donors (Lipinski definition) is 1. The third-order valence-corrected chi connectivity index (χ3v) is 3.30. The second-order valence-electron chi connectivity index (χ2n) is 4.49. The standard InChI is InChI=1S/C9H14N2/c1-9(2)3-6-5-11-7(4-10)8(6)9/h6-8,11H,3,5H2,1-2H3. The summed E-state index contributed by atoms with van der Waals surface area (Å²) in [5, 5.41) is 12.1. The zero-order chi connectivity index (χ0) is 8.06. The van der Waals surface area contributed by atoms with E-state index < -0.39 is 0 Å². The first kappa shape index (κ1) is 7.12. The third-order valence-electron chi connectivity index (χ3n) is 3.30. The first-order valence-corrected chi connectivity index (χ1v) is 4.28. The van der Waals surface area contributed by atoms with Crippen LogP contribution < -0.4 is 5.32 Å². The van der Waals surface area contributed by atoms with Crippen molar-refractivity contribution in [2.45, 2.75) is 26.3 Å². The largest absolute Gasteiger partial charge is 0.301 e. The van der Waals surface area contributed by atoms with Crippen LogP contribution in [0.5, 0.6) is 0 Å². The zero-order valence-electron chi connectivity index (χ0n) is 7.09. The molecule has 0 aromatic rings. The van der Waals surface area contributed by atoms with Gasteiger partial charge in [-0.15, -0.1) is 0 Å². The van der Waals surface area contributed by atoms with Crippen molar-refractivity contribution in [3.05, 3.63) is 0 Å². The van der Waals surface area contributed by atoms with Crippen molar-refractivity contribution in [1.29, 1.82) is 5.26 Å². The summed E-state index contributed by atoms with van der Waals surface area (Å²) < 4.78 is 0. The molecule has 3 unspecified atom stereocenters. The molecule has 0 amide bonds. The summed E-state index contributed by atoms with van der Waals surface area (Å²) in [5.74, 6) is 1.40. The van der Waals surface area contributed by atoms with Gasteiger partial charge in [0.15, 0.2) is 0 Å². The summed E-state index contributed by atoms with van der Waals surface area (Å²) in [6.45, 7) is 5.60. The summed E-state index contributed by atoms with van der Waals surface area (Å²) in [7, 11) is 0. The van der Waals surface area contributed by atoms with E-state index in [1.54, 1.807) is 0 Å². The summed E-state index contributed by atoms with van der Waals surface area (Å²) in [6, 6.07) is 2.47. The van der Waals surface area contributed by atoms with Gasteiger partial charge in [-0.25, -0.2) is 0 Å². The van der Waals surface area contributed by atoms with Gasteiger partial charge in [-0.1, -0.05) is 13.8 Å². The van der Waals surface area contributed by atoms with E-state index in [4.69, 9.17) is 5.26 Å². The molecule has 11 heavy (non-hydrogen) atoms. The summed E-state index contributed by atoms with van der Waals surface area (Å²) in [5.41, 5.74) is 0.411. The van der Waals surface area contributed by atoms with Gasteiger partial charge in [-0.2, -0.15) is 5.26 Å². The van der Waals surface area contributed by atoms with Gasteiger partial charge in [0.25, 0.3) is 0 Å². The monoisotopic (exact) mass is 150 g/mol. The molecule has 2 aliphatic rings. The first-order chi connectivity index (χ1) is 5.15. The molecule has 2 rings (SSSR count). The maximum atomic E-state index is 8.81. The Balaban J connectivity index is 2.16. The molecule has 2 fully saturated rings. The van der Waals surface area contributed by atoms with Crippen molar-refractivity contribution in [2.24, 2.45) is 17.3 Å². The Kier molecular flexibility index (Phi) is 1.28. The highest BCUT2D eigenvalue weighted by Crippen LogP contribution is 2.54. The zero-order valence-corrected chi connectivity index (χ0v) is 7.09. The van der Waals surface area contributed by atoms with Crippen molar-refractivity contribution in [2.75, 3.05) is 6.54 Å². The molecule has 1 aliphatic carbocycles. The lowest BCUT2D eigenvalue weighted by molar-refractivity contribution is 0.0188. The number of rotatable bonds is 0. The summed E-state index contributed by atoms with van der Waals surface area (Å²) in [4.78, 5) is 0. The molecular weight excluding hydrogens is 136 g/mol. The molecule has 0 spiro atoms. The van der Waals surface area contributed by atoms with Crippen LogP contribution in [0.25, 0.3) is 0 Å². The molecule has 1 N–H and O–H groups in total. The molecule has 2 heteroatoms. The van der Waals surface area contributed by atoms with Crippen LogP contribution in [-0.4, -0.2) is 12.6 Å². The molecule has 0 radical (unpaired) electrons. The minimum absolute atomic E-state index is 0.128. The molecule has 1 aliphatic heterocycles. The van der Waals surface area contributed by atoms with Gasteiger partial charge in [-0.05, 0) is 30.2 Å². The van der Waals surface area contributed by atoms with E-state index in [0.29, 0.717) is 11.3 Å². The van der Waals surface area contributed by atoms with Crippen molar-refractivity contribution in [1.82, 2.24) is 5.32 Å². The number of nitriles is 1. The first-order valence-electron chi connectivity index (χ1n) is 4.28. The second-order valence-corrected chi connectivity index (χ2v) is 4.49. The van der Waals surface area contributed by atoms with E-state index in [1.807, 2.05) is 0 Å². The lowest BCUT2D eigenvalue weighted by Gasteiger charge is -2.48. The number of fused-ring (bicyclic) bond motifs is 1. The van der Waals surface area contributed by atoms with Crippen LogP contribution in [0.4, 0.5) is 0 Å². The van der Waals surface area contributed by atoms with Gasteiger partial charge < -0.3 is 5.32 Å². The normalized spacial score (nSPS) is 45.7. The number of nitrogens with one attached hydrogen (secondary N) is 1. The molecule has 1 heterocycles. The fraction of sp³-hybridized carbons (Fsp3) is 0.889. The van der Waals surface area contributed by atoms with Gasteiger partial charge in [-0.3, -0.25) is 0 Å². The van der Waals surface area contributed by atoms with Crippen LogP contribution in [0.15, 0.2) is 0 Å². The average Bonchev–Trinajstić information content (AvgIpc) is 2.27. The van der Waals surface area contributed by atoms with E-state index in [-0.39, 0.29) is 6.04 Å². The summed E-state index contributed by atoms with van der Waals surface area (Å²) in [6.07, 6.45) is 1.29. The highest BCUT2D eigenvalue weighted by molar-refractivity contribution is 5.13. The van der Waals surface area contributed by atoms with Crippen molar-refractivity contribution in [3.8, 4) is 6.07 Å². The highest BCUT2D eigenvalue weighted by Gasteiger charge is 2.54. The van der Waals surface area contributed by atoms with Crippen LogP contribution >= 0.6 is 0 Å². The molecular formula is C9H14N2. The van der Waals surface area contributed by atoms with Gasteiger partial charge in [0.05, 0.1) is 12.1 Å². The van der Waals surface area contributed by atoms with E-state index >= 15 is 0 Å². The van der Waals surface area contributed by atoms with Crippen LogP contribution in [0.1, 0.15) is 20.3 Å². The van der Waals surface area contributed by atoms with Crippen LogP contribution in [0.3, 0.4) is 0 Å². The van der Waals surface area contributed by atoms with E-state index in [0.717, 1.165) is 12.5 Å². The molecule has 0 bridgehead atoms. The fourth-order valence-electron chi connectivity index (χ4n) is 2.87. The van der Waals surface area contributed by atoms with Crippen LogP contribution in [-0.2, 0) is 0 Å². The lowest BCUT2D eigenvalue weighted by Crippen LogP contribution is -2.46. The molecule has 60 valence electrons. The SMILES string of the molecule is CC1(C)CC2CNC(C#N)C21. The predicted octanol–water partition coefficient (Wildman–Crippen LogP) is 1.14. The van der Waals surface area contributed by atoms with Crippen LogP contribution in [0, 0.1) is 28.6 Å². The molecule has 1 saturated carbocycles. The van der Waals surface area contributed by atoms with E-state index in [9.17, 15) is 0 Å². The molecule has 3 atom stereocenters. The number of nitrogens with zero attached hydrogens (tertiary/aromatic N) is 1. The Morgan fingerprint density at radius 2 is 2.27 bits per heavy atom. The van der Waals surface area contributed by atoms with Crippen molar-refractivity contribution < 1.29 is 0 Å². The third kappa shape index (κ3) is 0.810. The minimum Gasteiger partial charge on any atom is -0.301 e. The summed E-state index contributed by atoms with van der Waals surface area (Å²) >= 11 is 0. The number of hydrogen-bond acceptors (Lipinski definition) is 2. The van der Waals surface area contributed by atoms with E-state index in [2.05, 4.69) is 25.2 Å². The maximum absolute atomic E-state index is 8.81. The van der Waals surface area contributed by atoms with Gasteiger partial charge in [0, 0.05) is 0 Å². The average molecular weight is 150 g/mol. The maximum Gasteiger partial charge on any atom is 0.0989 e. The Morgan fingerprint density at radius 1 is 1.55 bits per heavy atom. The Bertz CT molecular complexity index is 214. The minimum atomic E-state index is 0.128.